The molecular weight excluding hydrogens is 350 g/mol. The Labute approximate surface area is 154 Å². The molecule has 0 spiro atoms. The summed E-state index contributed by atoms with van der Waals surface area (Å²) in [5, 5.41) is 0. The standard InChI is InChI=1S/C20H23NO4S/c1-2-25-19-11-7-6-10-18(19)20(22)21(14-16-8-4-3-5-9-16)17-12-13-26(23,24)15-17/h3-11,17H,2,12-15H2,1H3/t17-/m1/s1. The van der Waals surface area contributed by atoms with E-state index in [1.807, 2.05) is 43.3 Å². The van der Waals surface area contributed by atoms with Gasteiger partial charge in [0.25, 0.3) is 5.91 Å². The Kier molecular flexibility index (Phi) is 5.61. The highest BCUT2D eigenvalue weighted by molar-refractivity contribution is 7.91. The van der Waals surface area contributed by atoms with E-state index in [9.17, 15) is 13.2 Å². The number of carbonyl (C=O) groups is 1. The van der Waals surface area contributed by atoms with Crippen LogP contribution in [0, 0.1) is 0 Å². The highest BCUT2D eigenvalue weighted by atomic mass is 32.2. The van der Waals surface area contributed by atoms with Crippen molar-refractivity contribution in [1.29, 1.82) is 0 Å². The number of hydrogen-bond donors (Lipinski definition) is 0. The monoisotopic (exact) mass is 373 g/mol. The first kappa shape index (κ1) is 18.5. The van der Waals surface area contributed by atoms with Gasteiger partial charge in [0.15, 0.2) is 9.84 Å². The Morgan fingerprint density at radius 3 is 2.46 bits per heavy atom. The third kappa shape index (κ3) is 4.25. The largest absolute Gasteiger partial charge is 0.493 e. The first-order valence-electron chi connectivity index (χ1n) is 8.77. The molecule has 1 saturated heterocycles. The van der Waals surface area contributed by atoms with Gasteiger partial charge in [-0.3, -0.25) is 4.79 Å². The highest BCUT2D eigenvalue weighted by Gasteiger charge is 2.35. The zero-order chi connectivity index (χ0) is 18.6. The third-order valence-electron chi connectivity index (χ3n) is 4.52. The average Bonchev–Trinajstić information content (AvgIpc) is 3.00. The summed E-state index contributed by atoms with van der Waals surface area (Å²) in [4.78, 5) is 15.0. The number of rotatable bonds is 6. The molecule has 1 amide bonds. The molecule has 5 nitrogen and oxygen atoms in total. The molecule has 6 heteroatoms. The van der Waals surface area contributed by atoms with Gasteiger partial charge in [-0.05, 0) is 31.0 Å². The van der Waals surface area contributed by atoms with Crippen LogP contribution in [0.1, 0.15) is 29.3 Å². The maximum Gasteiger partial charge on any atom is 0.258 e. The van der Waals surface area contributed by atoms with Crippen molar-refractivity contribution in [3.8, 4) is 5.75 Å². The molecule has 0 bridgehead atoms. The first-order valence-corrected chi connectivity index (χ1v) is 10.6. The van der Waals surface area contributed by atoms with Crippen molar-refractivity contribution < 1.29 is 17.9 Å². The number of para-hydroxylation sites is 1. The zero-order valence-corrected chi connectivity index (χ0v) is 15.6. The SMILES string of the molecule is CCOc1ccccc1C(=O)N(Cc1ccccc1)[C@@H]1CCS(=O)(=O)C1. The van der Waals surface area contributed by atoms with Crippen molar-refractivity contribution in [2.24, 2.45) is 0 Å². The van der Waals surface area contributed by atoms with Crippen LogP contribution in [0.2, 0.25) is 0 Å². The lowest BCUT2D eigenvalue weighted by Crippen LogP contribution is -2.40. The number of carbonyl (C=O) groups excluding carboxylic acids is 1. The number of benzene rings is 2. The normalized spacial score (nSPS) is 18.4. The van der Waals surface area contributed by atoms with E-state index in [4.69, 9.17) is 4.74 Å². The minimum atomic E-state index is -3.09. The van der Waals surface area contributed by atoms with Crippen LogP contribution in [0.4, 0.5) is 0 Å². The van der Waals surface area contributed by atoms with E-state index in [0.717, 1.165) is 5.56 Å². The van der Waals surface area contributed by atoms with E-state index < -0.39 is 9.84 Å². The van der Waals surface area contributed by atoms with E-state index in [1.165, 1.54) is 0 Å². The lowest BCUT2D eigenvalue weighted by Gasteiger charge is -2.29. The summed E-state index contributed by atoms with van der Waals surface area (Å²) in [6.07, 6.45) is 0.470. The van der Waals surface area contributed by atoms with Crippen molar-refractivity contribution in [2.45, 2.75) is 25.9 Å². The van der Waals surface area contributed by atoms with Crippen LogP contribution in [0.15, 0.2) is 54.6 Å². The zero-order valence-electron chi connectivity index (χ0n) is 14.8. The third-order valence-corrected chi connectivity index (χ3v) is 6.27. The molecule has 1 fully saturated rings. The molecule has 3 rings (SSSR count). The maximum absolute atomic E-state index is 13.3. The molecule has 0 saturated carbocycles. The Bertz CT molecular complexity index is 864. The molecule has 0 N–H and O–H groups in total. The van der Waals surface area contributed by atoms with Crippen molar-refractivity contribution in [3.05, 3.63) is 65.7 Å². The lowest BCUT2D eigenvalue weighted by molar-refractivity contribution is 0.0676. The molecule has 0 unspecified atom stereocenters. The number of amides is 1. The predicted molar refractivity (Wildman–Crippen MR) is 101 cm³/mol. The number of ether oxygens (including phenoxy) is 1. The van der Waals surface area contributed by atoms with E-state index >= 15 is 0 Å². The van der Waals surface area contributed by atoms with Gasteiger partial charge in [-0.2, -0.15) is 0 Å². The molecule has 1 heterocycles. The second-order valence-corrected chi connectivity index (χ2v) is 8.63. The molecule has 138 valence electrons. The fourth-order valence-corrected chi connectivity index (χ4v) is 4.98. The predicted octanol–water partition coefficient (Wildman–Crippen LogP) is 2.91. The quantitative estimate of drug-likeness (QED) is 0.781. The van der Waals surface area contributed by atoms with Crippen LogP contribution in [0.25, 0.3) is 0 Å². The van der Waals surface area contributed by atoms with E-state index in [1.54, 1.807) is 23.1 Å². The van der Waals surface area contributed by atoms with Crippen molar-refractivity contribution >= 4 is 15.7 Å². The Morgan fingerprint density at radius 2 is 1.81 bits per heavy atom. The summed E-state index contributed by atoms with van der Waals surface area (Å²) < 4.78 is 29.5. The van der Waals surface area contributed by atoms with Gasteiger partial charge in [0.05, 0.1) is 23.7 Å². The lowest BCUT2D eigenvalue weighted by atomic mass is 10.1. The molecule has 0 aromatic heterocycles. The molecule has 2 aromatic carbocycles. The smallest absolute Gasteiger partial charge is 0.258 e. The molecule has 26 heavy (non-hydrogen) atoms. The summed E-state index contributed by atoms with van der Waals surface area (Å²) in [6.45, 7) is 2.70. The van der Waals surface area contributed by atoms with Crippen LogP contribution in [0.3, 0.4) is 0 Å². The molecule has 1 aliphatic heterocycles. The maximum atomic E-state index is 13.3. The summed E-state index contributed by atoms with van der Waals surface area (Å²) in [5.41, 5.74) is 1.44. The molecule has 0 radical (unpaired) electrons. The second kappa shape index (κ2) is 7.91. The van der Waals surface area contributed by atoms with Crippen molar-refractivity contribution in [1.82, 2.24) is 4.90 Å². The van der Waals surface area contributed by atoms with E-state index in [-0.39, 0.29) is 23.5 Å². The Balaban J connectivity index is 1.93. The van der Waals surface area contributed by atoms with Gasteiger partial charge in [0.1, 0.15) is 5.75 Å². The first-order chi connectivity index (χ1) is 12.5. The molecule has 0 aliphatic carbocycles. The van der Waals surface area contributed by atoms with Crippen molar-refractivity contribution in [2.75, 3.05) is 18.1 Å². The summed E-state index contributed by atoms with van der Waals surface area (Å²) >= 11 is 0. The fourth-order valence-electron chi connectivity index (χ4n) is 3.25. The van der Waals surface area contributed by atoms with Crippen LogP contribution >= 0.6 is 0 Å². The Hall–Kier alpha value is -2.34. The van der Waals surface area contributed by atoms with Gasteiger partial charge in [0, 0.05) is 12.6 Å². The number of sulfone groups is 1. The highest BCUT2D eigenvalue weighted by Crippen LogP contribution is 2.26. The summed E-state index contributed by atoms with van der Waals surface area (Å²) in [7, 11) is -3.09. The van der Waals surface area contributed by atoms with E-state index in [0.29, 0.717) is 30.9 Å². The van der Waals surface area contributed by atoms with Crippen LogP contribution in [0.5, 0.6) is 5.75 Å². The van der Waals surface area contributed by atoms with Crippen LogP contribution in [-0.4, -0.2) is 43.4 Å². The minimum absolute atomic E-state index is 0.0162. The van der Waals surface area contributed by atoms with Gasteiger partial charge in [-0.25, -0.2) is 8.42 Å². The second-order valence-electron chi connectivity index (χ2n) is 6.40. The number of hydrogen-bond acceptors (Lipinski definition) is 4. The summed E-state index contributed by atoms with van der Waals surface area (Å²) in [6, 6.07) is 16.4. The molecular formula is C20H23NO4S. The Morgan fingerprint density at radius 1 is 1.12 bits per heavy atom. The molecule has 1 aliphatic rings. The van der Waals surface area contributed by atoms with Crippen LogP contribution in [-0.2, 0) is 16.4 Å². The topological polar surface area (TPSA) is 63.7 Å². The fraction of sp³-hybridized carbons (Fsp3) is 0.350. The minimum Gasteiger partial charge on any atom is -0.493 e. The summed E-state index contributed by atoms with van der Waals surface area (Å²) in [5.74, 6) is 0.477. The van der Waals surface area contributed by atoms with Crippen molar-refractivity contribution in [3.63, 3.8) is 0 Å². The van der Waals surface area contributed by atoms with Gasteiger partial charge >= 0.3 is 0 Å². The number of nitrogens with zero attached hydrogens (tertiary/aromatic N) is 1. The molecule has 1 atom stereocenters. The van der Waals surface area contributed by atoms with Gasteiger partial charge in [-0.1, -0.05) is 42.5 Å². The van der Waals surface area contributed by atoms with Gasteiger partial charge < -0.3 is 9.64 Å². The molecule has 2 aromatic rings. The van der Waals surface area contributed by atoms with Crippen LogP contribution < -0.4 is 4.74 Å². The average molecular weight is 373 g/mol. The van der Waals surface area contributed by atoms with Gasteiger partial charge in [0.2, 0.25) is 0 Å². The van der Waals surface area contributed by atoms with E-state index in [2.05, 4.69) is 0 Å². The van der Waals surface area contributed by atoms with Gasteiger partial charge in [-0.15, -0.1) is 0 Å².